The smallest absolute Gasteiger partial charge is 0.433 e. The summed E-state index contributed by atoms with van der Waals surface area (Å²) < 4.78 is 23.4. The molecule has 0 radical (unpaired) electrons. The van der Waals surface area contributed by atoms with E-state index in [1.165, 1.54) is 36.4 Å². The Hall–Kier alpha value is -3.74. The lowest BCUT2D eigenvalue weighted by Gasteiger charge is -2.06. The Labute approximate surface area is 153 Å². The van der Waals surface area contributed by atoms with Crippen molar-refractivity contribution >= 4 is 17.7 Å². The molecule has 3 rings (SSSR count). The Kier molecular flexibility index (Phi) is 5.41. The monoisotopic (exact) mass is 367 g/mol. The van der Waals surface area contributed by atoms with Crippen molar-refractivity contribution in [3.05, 3.63) is 99.6 Å². The first-order chi connectivity index (χ1) is 13.0. The van der Waals surface area contributed by atoms with Crippen LogP contribution in [0.15, 0.2) is 71.2 Å². The molecule has 0 aliphatic rings. The highest BCUT2D eigenvalue weighted by molar-refractivity contribution is 6.06. The van der Waals surface area contributed by atoms with Crippen LogP contribution in [0.2, 0.25) is 0 Å². The zero-order valence-corrected chi connectivity index (χ0v) is 14.0. The fourth-order valence-electron chi connectivity index (χ4n) is 2.25. The second-order valence-corrected chi connectivity index (χ2v) is 5.57. The van der Waals surface area contributed by atoms with Gasteiger partial charge in [-0.1, -0.05) is 12.1 Å². The molecule has 0 aliphatic heterocycles. The van der Waals surface area contributed by atoms with Gasteiger partial charge in [0.2, 0.25) is 0 Å². The summed E-state index contributed by atoms with van der Waals surface area (Å²) in [5.41, 5.74) is 1.26. The molecule has 27 heavy (non-hydrogen) atoms. The predicted molar refractivity (Wildman–Crippen MR) is 95.9 cm³/mol. The average Bonchev–Trinajstić information content (AvgIpc) is 3.15. The summed E-state index contributed by atoms with van der Waals surface area (Å²) in [5.74, 6) is -0.182. The number of rotatable bonds is 7. The van der Waals surface area contributed by atoms with Crippen LogP contribution in [0.1, 0.15) is 21.7 Å². The molecular formula is C20H14FNO5. The van der Waals surface area contributed by atoms with E-state index in [1.807, 2.05) is 0 Å². The summed E-state index contributed by atoms with van der Waals surface area (Å²) >= 11 is 0. The second-order valence-electron chi connectivity index (χ2n) is 5.57. The van der Waals surface area contributed by atoms with Gasteiger partial charge in [-0.25, -0.2) is 4.39 Å². The first-order valence-electron chi connectivity index (χ1n) is 7.95. The number of furan rings is 1. The minimum atomic E-state index is -0.649. The maximum Gasteiger partial charge on any atom is 0.433 e. The van der Waals surface area contributed by atoms with E-state index >= 15 is 0 Å². The van der Waals surface area contributed by atoms with Gasteiger partial charge in [-0.05, 0) is 60.2 Å². The molecule has 0 N–H and O–H groups in total. The van der Waals surface area contributed by atoms with Crippen molar-refractivity contribution in [2.24, 2.45) is 0 Å². The molecule has 1 heterocycles. The van der Waals surface area contributed by atoms with Crippen LogP contribution in [-0.4, -0.2) is 10.7 Å². The van der Waals surface area contributed by atoms with E-state index in [0.717, 1.165) is 5.56 Å². The molecular weight excluding hydrogens is 353 g/mol. The van der Waals surface area contributed by atoms with Gasteiger partial charge in [0, 0.05) is 5.56 Å². The van der Waals surface area contributed by atoms with Crippen LogP contribution in [0.5, 0.6) is 5.75 Å². The summed E-state index contributed by atoms with van der Waals surface area (Å²) in [7, 11) is 0. The first kappa shape index (κ1) is 18.1. The summed E-state index contributed by atoms with van der Waals surface area (Å²) in [6, 6.07) is 15.2. The number of ketones is 1. The number of nitro groups is 1. The molecule has 0 saturated carbocycles. The highest BCUT2D eigenvalue weighted by Crippen LogP contribution is 2.18. The van der Waals surface area contributed by atoms with E-state index in [-0.39, 0.29) is 29.9 Å². The molecule has 0 unspecified atom stereocenters. The van der Waals surface area contributed by atoms with E-state index in [0.29, 0.717) is 11.3 Å². The SMILES string of the molecule is O=C(/C=C/c1ccc([N+](=O)[O-])o1)c1ccc(OCc2ccc(F)cc2)cc1. The Morgan fingerprint density at radius 3 is 2.41 bits per heavy atom. The third-order valence-electron chi connectivity index (χ3n) is 3.65. The quantitative estimate of drug-likeness (QED) is 0.259. The molecule has 6 nitrogen and oxygen atoms in total. The zero-order valence-electron chi connectivity index (χ0n) is 14.0. The molecule has 0 amide bonds. The van der Waals surface area contributed by atoms with Gasteiger partial charge < -0.3 is 9.15 Å². The number of allylic oxidation sites excluding steroid dienone is 1. The van der Waals surface area contributed by atoms with E-state index in [4.69, 9.17) is 9.15 Å². The molecule has 0 bridgehead atoms. The molecule has 2 aromatic carbocycles. The summed E-state index contributed by atoms with van der Waals surface area (Å²) in [6.07, 6.45) is 2.64. The molecule has 1 aromatic heterocycles. The number of halogens is 1. The van der Waals surface area contributed by atoms with Crippen LogP contribution in [0.3, 0.4) is 0 Å². The van der Waals surface area contributed by atoms with Gasteiger partial charge in [0.1, 0.15) is 28.9 Å². The number of carbonyl (C=O) groups is 1. The van der Waals surface area contributed by atoms with Crippen molar-refractivity contribution in [2.45, 2.75) is 6.61 Å². The van der Waals surface area contributed by atoms with Gasteiger partial charge in [0.05, 0.1) is 6.07 Å². The predicted octanol–water partition coefficient (Wildman–Crippen LogP) is 4.80. The number of nitrogens with zero attached hydrogens (tertiary/aromatic N) is 1. The molecule has 7 heteroatoms. The Morgan fingerprint density at radius 1 is 1.07 bits per heavy atom. The Balaban J connectivity index is 1.58. The van der Waals surface area contributed by atoms with E-state index in [9.17, 15) is 19.3 Å². The van der Waals surface area contributed by atoms with Gasteiger partial charge >= 0.3 is 5.88 Å². The highest BCUT2D eigenvalue weighted by Gasteiger charge is 2.10. The topological polar surface area (TPSA) is 82.6 Å². The van der Waals surface area contributed by atoms with Gasteiger partial charge in [0.25, 0.3) is 0 Å². The maximum atomic E-state index is 12.9. The van der Waals surface area contributed by atoms with Crippen LogP contribution >= 0.6 is 0 Å². The lowest BCUT2D eigenvalue weighted by atomic mass is 10.1. The molecule has 0 aliphatic carbocycles. The van der Waals surface area contributed by atoms with Crippen molar-refractivity contribution in [3.63, 3.8) is 0 Å². The number of carbonyl (C=O) groups excluding carboxylic acids is 1. The normalized spacial score (nSPS) is 10.9. The minimum Gasteiger partial charge on any atom is -0.489 e. The van der Waals surface area contributed by atoms with Crippen molar-refractivity contribution in [1.82, 2.24) is 0 Å². The molecule has 0 fully saturated rings. The van der Waals surface area contributed by atoms with Gasteiger partial charge in [-0.3, -0.25) is 14.9 Å². The standard InChI is InChI=1S/C20H14FNO5/c21-16-5-1-14(2-6-16)13-26-17-7-3-15(4-8-17)19(23)11-9-18-10-12-20(27-18)22(24)25/h1-12H,13H2/b11-9+. The summed E-state index contributed by atoms with van der Waals surface area (Å²) in [5, 5.41) is 10.6. The van der Waals surface area contributed by atoms with Crippen molar-refractivity contribution in [1.29, 1.82) is 0 Å². The third kappa shape index (κ3) is 4.88. The van der Waals surface area contributed by atoms with Crippen LogP contribution in [-0.2, 0) is 6.61 Å². The fraction of sp³-hybridized carbons (Fsp3) is 0.0500. The Bertz CT molecular complexity index is 974. The van der Waals surface area contributed by atoms with E-state index in [1.54, 1.807) is 36.4 Å². The summed E-state index contributed by atoms with van der Waals surface area (Å²) in [6.45, 7) is 0.282. The van der Waals surface area contributed by atoms with Crippen LogP contribution in [0.25, 0.3) is 6.08 Å². The number of hydrogen-bond acceptors (Lipinski definition) is 5. The minimum absolute atomic E-state index is 0.217. The molecule has 136 valence electrons. The molecule has 0 saturated heterocycles. The number of ether oxygens (including phenoxy) is 1. The van der Waals surface area contributed by atoms with E-state index < -0.39 is 4.92 Å². The number of benzene rings is 2. The average molecular weight is 367 g/mol. The van der Waals surface area contributed by atoms with Gasteiger partial charge in [-0.15, -0.1) is 0 Å². The van der Waals surface area contributed by atoms with Gasteiger partial charge in [-0.2, -0.15) is 0 Å². The summed E-state index contributed by atoms with van der Waals surface area (Å²) in [4.78, 5) is 22.1. The lowest BCUT2D eigenvalue weighted by molar-refractivity contribution is -0.402. The molecule has 0 spiro atoms. The second kappa shape index (κ2) is 8.09. The highest BCUT2D eigenvalue weighted by atomic mass is 19.1. The number of hydrogen-bond donors (Lipinski definition) is 0. The van der Waals surface area contributed by atoms with Crippen LogP contribution < -0.4 is 4.74 Å². The largest absolute Gasteiger partial charge is 0.489 e. The van der Waals surface area contributed by atoms with Crippen LogP contribution in [0.4, 0.5) is 10.3 Å². The van der Waals surface area contributed by atoms with Gasteiger partial charge in [0.15, 0.2) is 5.78 Å². The molecule has 0 atom stereocenters. The Morgan fingerprint density at radius 2 is 1.78 bits per heavy atom. The van der Waals surface area contributed by atoms with Crippen LogP contribution in [0, 0.1) is 15.9 Å². The third-order valence-corrected chi connectivity index (χ3v) is 3.65. The van der Waals surface area contributed by atoms with Crippen molar-refractivity contribution < 1.29 is 23.3 Å². The first-order valence-corrected chi connectivity index (χ1v) is 7.95. The zero-order chi connectivity index (χ0) is 19.2. The lowest BCUT2D eigenvalue weighted by Crippen LogP contribution is -1.97. The molecule has 3 aromatic rings. The maximum absolute atomic E-state index is 12.9. The van der Waals surface area contributed by atoms with Crippen molar-refractivity contribution in [2.75, 3.05) is 0 Å². The van der Waals surface area contributed by atoms with E-state index in [2.05, 4.69) is 0 Å². The van der Waals surface area contributed by atoms with Crippen molar-refractivity contribution in [3.8, 4) is 5.75 Å². The fourth-order valence-corrected chi connectivity index (χ4v) is 2.25.